The Labute approximate surface area is 213 Å². The van der Waals surface area contributed by atoms with Gasteiger partial charge in [-0.2, -0.15) is 13.2 Å². The van der Waals surface area contributed by atoms with E-state index < -0.39 is 23.1 Å². The first-order valence-electron chi connectivity index (χ1n) is 12.4. The highest BCUT2D eigenvalue weighted by Crippen LogP contribution is 2.51. The lowest BCUT2D eigenvalue weighted by atomic mass is 9.62. The Bertz CT molecular complexity index is 1300. The largest absolute Gasteiger partial charge is 0.431 e. The second-order valence-corrected chi connectivity index (χ2v) is 10.0. The Morgan fingerprint density at radius 2 is 1.62 bits per heavy atom. The molecule has 2 saturated heterocycles. The number of methoxy groups -OCH3 is 1. The number of ether oxygens (including phenoxy) is 1. The number of benzene rings is 3. The molecule has 3 aromatic rings. The number of fused-ring (bicyclic) bond motifs is 1. The van der Waals surface area contributed by atoms with Crippen LogP contribution < -0.4 is 5.32 Å². The molecule has 1 N–H and O–H groups in total. The summed E-state index contributed by atoms with van der Waals surface area (Å²) >= 11 is 0. The highest BCUT2D eigenvalue weighted by molar-refractivity contribution is 5.95. The molecule has 0 bridgehead atoms. The number of halogens is 3. The van der Waals surface area contributed by atoms with Gasteiger partial charge in [0.2, 0.25) is 5.91 Å². The molecular formula is C29H29F3N2O3. The van der Waals surface area contributed by atoms with Crippen molar-refractivity contribution in [3.05, 3.63) is 83.9 Å². The number of carbonyl (C=O) groups excluding carboxylic acids is 2. The minimum absolute atomic E-state index is 0.0246. The van der Waals surface area contributed by atoms with Crippen LogP contribution in [0.5, 0.6) is 0 Å². The summed E-state index contributed by atoms with van der Waals surface area (Å²) in [7, 11) is 0.940. The van der Waals surface area contributed by atoms with Crippen LogP contribution in [0.3, 0.4) is 0 Å². The standard InChI is InChI=1S/C29H29F3N2O3/c1-37-28(29(30,31)32,23-13-7-11-20-8-5-6-12-22(20)23)26(36)34-16-14-27(15-17-34)18-25(35)33-19-24(27)21-9-3-2-4-10-21/h2-13,24H,14-19H2,1H3,(H,33,35)/t24-,28-/m0/s1. The van der Waals surface area contributed by atoms with E-state index >= 15 is 0 Å². The van der Waals surface area contributed by atoms with E-state index in [2.05, 4.69) is 5.32 Å². The van der Waals surface area contributed by atoms with Crippen molar-refractivity contribution in [2.45, 2.75) is 37.0 Å². The van der Waals surface area contributed by atoms with Gasteiger partial charge in [0.25, 0.3) is 11.5 Å². The topological polar surface area (TPSA) is 58.6 Å². The van der Waals surface area contributed by atoms with Crippen LogP contribution in [-0.2, 0) is 19.9 Å². The Hall–Kier alpha value is -3.39. The number of likely N-dealkylation sites (tertiary alicyclic amines) is 1. The molecule has 2 atom stereocenters. The molecule has 0 aromatic heterocycles. The first-order valence-corrected chi connectivity index (χ1v) is 12.4. The van der Waals surface area contributed by atoms with Crippen molar-refractivity contribution in [3.8, 4) is 0 Å². The van der Waals surface area contributed by atoms with E-state index in [0.29, 0.717) is 30.2 Å². The number of rotatable bonds is 4. The Kier molecular flexibility index (Phi) is 6.48. The second-order valence-electron chi connectivity index (χ2n) is 10.0. The van der Waals surface area contributed by atoms with Gasteiger partial charge in [0, 0.05) is 44.6 Å². The predicted molar refractivity (Wildman–Crippen MR) is 134 cm³/mol. The van der Waals surface area contributed by atoms with Gasteiger partial charge in [-0.05, 0) is 34.6 Å². The molecule has 8 heteroatoms. The molecule has 5 rings (SSSR count). The van der Waals surface area contributed by atoms with Gasteiger partial charge in [-0.15, -0.1) is 0 Å². The fourth-order valence-electron chi connectivity index (χ4n) is 6.23. The molecule has 0 radical (unpaired) electrons. The maximum absolute atomic E-state index is 14.9. The Morgan fingerprint density at radius 1 is 0.973 bits per heavy atom. The van der Waals surface area contributed by atoms with E-state index in [1.165, 1.54) is 17.0 Å². The SMILES string of the molecule is CO[C@](C(=O)N1CCC2(CC1)CC(=O)NC[C@H]2c1ccccc1)(c1cccc2ccccc12)C(F)(F)F. The average molecular weight is 511 g/mol. The van der Waals surface area contributed by atoms with Gasteiger partial charge in [-0.3, -0.25) is 9.59 Å². The van der Waals surface area contributed by atoms with E-state index in [1.807, 2.05) is 30.3 Å². The predicted octanol–water partition coefficient (Wildman–Crippen LogP) is 5.16. The molecule has 2 aliphatic heterocycles. The van der Waals surface area contributed by atoms with Gasteiger partial charge in [-0.25, -0.2) is 0 Å². The fraction of sp³-hybridized carbons (Fsp3) is 0.379. The van der Waals surface area contributed by atoms with Gasteiger partial charge < -0.3 is 15.0 Å². The summed E-state index contributed by atoms with van der Waals surface area (Å²) in [5, 5.41) is 3.85. The summed E-state index contributed by atoms with van der Waals surface area (Å²) in [6.07, 6.45) is -3.85. The van der Waals surface area contributed by atoms with Crippen LogP contribution in [0.25, 0.3) is 10.8 Å². The van der Waals surface area contributed by atoms with E-state index in [-0.39, 0.29) is 36.9 Å². The third-order valence-corrected chi connectivity index (χ3v) is 8.18. The molecule has 0 saturated carbocycles. The molecule has 2 aliphatic rings. The van der Waals surface area contributed by atoms with Gasteiger partial charge >= 0.3 is 6.18 Å². The number of hydrogen-bond acceptors (Lipinski definition) is 3. The minimum atomic E-state index is -4.99. The number of alkyl halides is 3. The Balaban J connectivity index is 1.49. The molecule has 0 unspecified atom stereocenters. The smallest absolute Gasteiger partial charge is 0.356 e. The number of amides is 2. The number of carbonyl (C=O) groups is 2. The number of hydrogen-bond donors (Lipinski definition) is 1. The zero-order chi connectivity index (χ0) is 26.3. The number of nitrogens with one attached hydrogen (secondary N) is 1. The quantitative estimate of drug-likeness (QED) is 0.528. The van der Waals surface area contributed by atoms with Crippen LogP contribution in [0.1, 0.15) is 36.3 Å². The van der Waals surface area contributed by atoms with E-state index in [4.69, 9.17) is 4.74 Å². The monoisotopic (exact) mass is 510 g/mol. The van der Waals surface area contributed by atoms with Gasteiger partial charge in [0.05, 0.1) is 0 Å². The van der Waals surface area contributed by atoms with Crippen molar-refractivity contribution < 1.29 is 27.5 Å². The average Bonchev–Trinajstić information content (AvgIpc) is 2.89. The first kappa shape index (κ1) is 25.3. The summed E-state index contributed by atoms with van der Waals surface area (Å²) in [6.45, 7) is 0.695. The van der Waals surface area contributed by atoms with Crippen LogP contribution >= 0.6 is 0 Å². The van der Waals surface area contributed by atoms with Crippen molar-refractivity contribution in [2.75, 3.05) is 26.7 Å². The van der Waals surface area contributed by atoms with Gasteiger partial charge in [-0.1, -0.05) is 72.8 Å². The fourth-order valence-corrected chi connectivity index (χ4v) is 6.23. The molecule has 5 nitrogen and oxygen atoms in total. The van der Waals surface area contributed by atoms with Crippen LogP contribution in [0, 0.1) is 5.41 Å². The van der Waals surface area contributed by atoms with Crippen LogP contribution in [0.15, 0.2) is 72.8 Å². The normalized spacial score (nSPS) is 21.5. The van der Waals surface area contributed by atoms with Crippen molar-refractivity contribution in [1.29, 1.82) is 0 Å². The van der Waals surface area contributed by atoms with E-state index in [1.54, 1.807) is 30.3 Å². The third-order valence-electron chi connectivity index (χ3n) is 8.18. The molecule has 37 heavy (non-hydrogen) atoms. The molecule has 3 aromatic carbocycles. The molecule has 2 amide bonds. The minimum Gasteiger partial charge on any atom is -0.356 e. The second kappa shape index (κ2) is 9.49. The summed E-state index contributed by atoms with van der Waals surface area (Å²) < 4.78 is 49.7. The zero-order valence-electron chi connectivity index (χ0n) is 20.6. The summed E-state index contributed by atoms with van der Waals surface area (Å²) in [5.41, 5.74) is -2.70. The van der Waals surface area contributed by atoms with Crippen LogP contribution in [0.2, 0.25) is 0 Å². The van der Waals surface area contributed by atoms with E-state index in [9.17, 15) is 22.8 Å². The lowest BCUT2D eigenvalue weighted by molar-refractivity contribution is -0.270. The van der Waals surface area contributed by atoms with Gasteiger partial charge in [0.15, 0.2) is 0 Å². The van der Waals surface area contributed by atoms with Gasteiger partial charge in [0.1, 0.15) is 0 Å². The van der Waals surface area contributed by atoms with Crippen molar-refractivity contribution in [1.82, 2.24) is 10.2 Å². The molecule has 194 valence electrons. The molecule has 0 aliphatic carbocycles. The van der Waals surface area contributed by atoms with Crippen LogP contribution in [-0.4, -0.2) is 49.6 Å². The molecular weight excluding hydrogens is 481 g/mol. The zero-order valence-corrected chi connectivity index (χ0v) is 20.6. The maximum atomic E-state index is 14.9. The van der Waals surface area contributed by atoms with Crippen molar-refractivity contribution in [3.63, 3.8) is 0 Å². The highest BCUT2D eigenvalue weighted by Gasteiger charge is 2.64. The summed E-state index contributed by atoms with van der Waals surface area (Å²) in [5.74, 6) is -1.16. The maximum Gasteiger partial charge on any atom is 0.431 e. The Morgan fingerprint density at radius 3 is 2.30 bits per heavy atom. The van der Waals surface area contributed by atoms with Crippen LogP contribution in [0.4, 0.5) is 13.2 Å². The molecule has 2 heterocycles. The first-order chi connectivity index (χ1) is 17.7. The summed E-state index contributed by atoms with van der Waals surface area (Å²) in [6, 6.07) is 21.1. The van der Waals surface area contributed by atoms with Crippen molar-refractivity contribution >= 4 is 22.6 Å². The lowest BCUT2D eigenvalue weighted by Crippen LogP contribution is -2.60. The highest BCUT2D eigenvalue weighted by atomic mass is 19.4. The number of piperidine rings is 2. The summed E-state index contributed by atoms with van der Waals surface area (Å²) in [4.78, 5) is 27.5. The molecule has 1 spiro atoms. The number of nitrogens with zero attached hydrogens (tertiary/aromatic N) is 1. The van der Waals surface area contributed by atoms with E-state index in [0.717, 1.165) is 12.7 Å². The third kappa shape index (κ3) is 4.17. The lowest BCUT2D eigenvalue weighted by Gasteiger charge is -2.50. The van der Waals surface area contributed by atoms with Crippen molar-refractivity contribution in [2.24, 2.45) is 5.41 Å². The molecule has 2 fully saturated rings.